The predicted octanol–water partition coefficient (Wildman–Crippen LogP) is 3.08. The highest BCUT2D eigenvalue weighted by Gasteiger charge is 2.52. The second kappa shape index (κ2) is 8.28. The van der Waals surface area contributed by atoms with Crippen LogP contribution in [0.5, 0.6) is 5.75 Å². The highest BCUT2D eigenvalue weighted by Crippen LogP contribution is 2.37. The summed E-state index contributed by atoms with van der Waals surface area (Å²) in [6.45, 7) is 2.32. The van der Waals surface area contributed by atoms with Crippen molar-refractivity contribution in [1.29, 1.82) is 0 Å². The van der Waals surface area contributed by atoms with Crippen LogP contribution in [0, 0.1) is 5.92 Å². The summed E-state index contributed by atoms with van der Waals surface area (Å²) in [5.41, 5.74) is 0.205. The summed E-state index contributed by atoms with van der Waals surface area (Å²) in [6, 6.07) is 7.30. The van der Waals surface area contributed by atoms with Gasteiger partial charge in [-0.3, -0.25) is 14.5 Å². The van der Waals surface area contributed by atoms with Gasteiger partial charge in [-0.2, -0.15) is 0 Å². The van der Waals surface area contributed by atoms with Gasteiger partial charge in [-0.05, 0) is 56.2 Å². The maximum Gasteiger partial charge on any atom is 0.325 e. The van der Waals surface area contributed by atoms with Gasteiger partial charge in [0.1, 0.15) is 17.8 Å². The number of methoxy groups -OCH3 is 1. The van der Waals surface area contributed by atoms with Gasteiger partial charge in [0, 0.05) is 12.6 Å². The van der Waals surface area contributed by atoms with Gasteiger partial charge in [0.2, 0.25) is 5.91 Å². The van der Waals surface area contributed by atoms with Crippen LogP contribution in [0.4, 0.5) is 4.79 Å². The lowest BCUT2D eigenvalue weighted by Gasteiger charge is -2.32. The number of imide groups is 1. The second-order valence-electron chi connectivity index (χ2n) is 8.91. The number of nitrogens with zero attached hydrogens (tertiary/aromatic N) is 2. The summed E-state index contributed by atoms with van der Waals surface area (Å²) in [5.74, 6) is 0.842. The Kier molecular flexibility index (Phi) is 5.71. The standard InChI is InChI=1S/C23H31N3O4/c1-16(18-8-9-18)25(14-17-6-10-19(30-2)11-7-17)20(27)15-26-21(28)23(24-22(26)29)12-4-3-5-13-23/h6-7,10-11,16,18H,3-5,8-9,12-15H2,1-2H3,(H,24,29). The molecule has 1 heterocycles. The van der Waals surface area contributed by atoms with Crippen molar-refractivity contribution >= 4 is 17.8 Å². The number of hydrogen-bond donors (Lipinski definition) is 1. The quantitative estimate of drug-likeness (QED) is 0.697. The molecule has 30 heavy (non-hydrogen) atoms. The van der Waals surface area contributed by atoms with E-state index in [2.05, 4.69) is 12.2 Å². The fourth-order valence-corrected chi connectivity index (χ4v) is 4.76. The van der Waals surface area contributed by atoms with Gasteiger partial charge in [-0.25, -0.2) is 4.79 Å². The Hall–Kier alpha value is -2.57. The first kappa shape index (κ1) is 20.7. The van der Waals surface area contributed by atoms with Crippen molar-refractivity contribution in [2.24, 2.45) is 5.92 Å². The third-order valence-electron chi connectivity index (χ3n) is 6.87. The average Bonchev–Trinajstić information content (AvgIpc) is 3.58. The maximum atomic E-state index is 13.3. The van der Waals surface area contributed by atoms with Gasteiger partial charge in [0.15, 0.2) is 0 Å². The predicted molar refractivity (Wildman–Crippen MR) is 112 cm³/mol. The number of rotatable bonds is 7. The molecule has 2 saturated carbocycles. The third kappa shape index (κ3) is 4.02. The first-order chi connectivity index (χ1) is 14.4. The molecule has 162 valence electrons. The van der Waals surface area contributed by atoms with Crippen LogP contribution in [0.25, 0.3) is 0 Å². The SMILES string of the molecule is COc1ccc(CN(C(=O)CN2C(=O)NC3(CCCCC3)C2=O)C(C)C2CC2)cc1. The molecular weight excluding hydrogens is 382 g/mol. The van der Waals surface area contributed by atoms with Gasteiger partial charge in [-0.15, -0.1) is 0 Å². The number of carbonyl (C=O) groups excluding carboxylic acids is 3. The number of benzene rings is 1. The number of carbonyl (C=O) groups is 3. The molecule has 7 nitrogen and oxygen atoms in total. The van der Waals surface area contributed by atoms with Crippen molar-refractivity contribution < 1.29 is 19.1 Å². The molecular formula is C23H31N3O4. The second-order valence-corrected chi connectivity index (χ2v) is 8.91. The molecule has 1 unspecified atom stereocenters. The van der Waals surface area contributed by atoms with Crippen molar-refractivity contribution in [1.82, 2.24) is 15.1 Å². The van der Waals surface area contributed by atoms with Crippen LogP contribution < -0.4 is 10.1 Å². The molecule has 1 aliphatic heterocycles. The molecule has 3 aliphatic rings. The topological polar surface area (TPSA) is 79.0 Å². The summed E-state index contributed by atoms with van der Waals surface area (Å²) in [4.78, 5) is 41.9. The molecule has 0 radical (unpaired) electrons. The molecule has 1 atom stereocenters. The molecule has 0 bridgehead atoms. The van der Waals surface area contributed by atoms with E-state index in [0.717, 1.165) is 48.3 Å². The molecule has 4 amide bonds. The highest BCUT2D eigenvalue weighted by molar-refractivity contribution is 6.09. The molecule has 1 N–H and O–H groups in total. The van der Waals surface area contributed by atoms with E-state index < -0.39 is 11.6 Å². The van der Waals surface area contributed by atoms with Gasteiger partial charge < -0.3 is 15.0 Å². The van der Waals surface area contributed by atoms with Crippen LogP contribution >= 0.6 is 0 Å². The van der Waals surface area contributed by atoms with E-state index in [0.29, 0.717) is 25.3 Å². The Bertz CT molecular complexity index is 812. The Morgan fingerprint density at radius 3 is 2.47 bits per heavy atom. The largest absolute Gasteiger partial charge is 0.497 e. The minimum atomic E-state index is -0.793. The van der Waals surface area contributed by atoms with Crippen LogP contribution in [0.15, 0.2) is 24.3 Å². The van der Waals surface area contributed by atoms with Crippen LogP contribution in [0.1, 0.15) is 57.4 Å². The number of amides is 4. The molecule has 4 rings (SSSR count). The summed E-state index contributed by atoms with van der Waals surface area (Å²) >= 11 is 0. The molecule has 2 aliphatic carbocycles. The number of nitrogens with one attached hydrogen (secondary N) is 1. The average molecular weight is 414 g/mol. The van der Waals surface area contributed by atoms with E-state index in [1.54, 1.807) is 7.11 Å². The Morgan fingerprint density at radius 1 is 1.20 bits per heavy atom. The Morgan fingerprint density at radius 2 is 1.87 bits per heavy atom. The van der Waals surface area contributed by atoms with Crippen molar-refractivity contribution in [3.05, 3.63) is 29.8 Å². The van der Waals surface area contributed by atoms with Gasteiger partial charge in [0.05, 0.1) is 7.11 Å². The molecule has 7 heteroatoms. The van der Waals surface area contributed by atoms with Crippen molar-refractivity contribution in [2.75, 3.05) is 13.7 Å². The van der Waals surface area contributed by atoms with E-state index in [-0.39, 0.29) is 24.4 Å². The fraction of sp³-hybridized carbons (Fsp3) is 0.609. The normalized spacial score (nSPS) is 21.5. The van der Waals surface area contributed by atoms with Crippen molar-refractivity contribution in [3.8, 4) is 5.75 Å². The summed E-state index contributed by atoms with van der Waals surface area (Å²) in [5, 5.41) is 2.89. The number of hydrogen-bond acceptors (Lipinski definition) is 4. The van der Waals surface area contributed by atoms with E-state index in [1.165, 1.54) is 0 Å². The molecule has 1 saturated heterocycles. The molecule has 1 aromatic carbocycles. The zero-order valence-corrected chi connectivity index (χ0v) is 17.9. The lowest BCUT2D eigenvalue weighted by atomic mass is 9.82. The van der Waals surface area contributed by atoms with Crippen LogP contribution in [0.2, 0.25) is 0 Å². The van der Waals surface area contributed by atoms with Crippen molar-refractivity contribution in [3.63, 3.8) is 0 Å². The van der Waals surface area contributed by atoms with Crippen LogP contribution in [-0.2, 0) is 16.1 Å². The van der Waals surface area contributed by atoms with Crippen LogP contribution in [-0.4, -0.2) is 52.9 Å². The molecule has 3 fully saturated rings. The lowest BCUT2D eigenvalue weighted by Crippen LogP contribution is -2.49. The van der Waals surface area contributed by atoms with Crippen molar-refractivity contribution in [2.45, 2.75) is 70.0 Å². The summed E-state index contributed by atoms with van der Waals surface area (Å²) in [6.07, 6.45) is 6.48. The van der Waals surface area contributed by atoms with E-state index in [9.17, 15) is 14.4 Å². The molecule has 0 aromatic heterocycles. The zero-order valence-electron chi connectivity index (χ0n) is 17.9. The minimum Gasteiger partial charge on any atom is -0.497 e. The summed E-state index contributed by atoms with van der Waals surface area (Å²) < 4.78 is 5.22. The minimum absolute atomic E-state index is 0.0732. The van der Waals surface area contributed by atoms with Gasteiger partial charge in [0.25, 0.3) is 5.91 Å². The maximum absolute atomic E-state index is 13.3. The fourth-order valence-electron chi connectivity index (χ4n) is 4.76. The Balaban J connectivity index is 1.48. The lowest BCUT2D eigenvalue weighted by molar-refractivity contribution is -0.141. The monoisotopic (exact) mass is 413 g/mol. The van der Waals surface area contributed by atoms with E-state index in [1.807, 2.05) is 29.2 Å². The van der Waals surface area contributed by atoms with Gasteiger partial charge in [-0.1, -0.05) is 31.4 Å². The first-order valence-electron chi connectivity index (χ1n) is 11.0. The summed E-state index contributed by atoms with van der Waals surface area (Å²) in [7, 11) is 1.62. The van der Waals surface area contributed by atoms with E-state index >= 15 is 0 Å². The smallest absolute Gasteiger partial charge is 0.325 e. The number of urea groups is 1. The zero-order chi connectivity index (χ0) is 21.3. The van der Waals surface area contributed by atoms with Crippen LogP contribution in [0.3, 0.4) is 0 Å². The first-order valence-corrected chi connectivity index (χ1v) is 11.0. The van der Waals surface area contributed by atoms with E-state index in [4.69, 9.17) is 4.74 Å². The van der Waals surface area contributed by atoms with Gasteiger partial charge >= 0.3 is 6.03 Å². The Labute approximate surface area is 177 Å². The molecule has 1 aromatic rings. The highest BCUT2D eigenvalue weighted by atomic mass is 16.5. The third-order valence-corrected chi connectivity index (χ3v) is 6.87. The number of ether oxygens (including phenoxy) is 1. The molecule has 1 spiro atoms.